The van der Waals surface area contributed by atoms with Crippen LogP contribution in [0.25, 0.3) is 0 Å². The van der Waals surface area contributed by atoms with Crippen LogP contribution in [0.15, 0.2) is 54.6 Å². The highest BCUT2D eigenvalue weighted by Crippen LogP contribution is 2.34. The molecule has 0 bridgehead atoms. The molecular weight excluding hydrogens is 468 g/mol. The van der Waals surface area contributed by atoms with Gasteiger partial charge in [0.15, 0.2) is 0 Å². The molecule has 2 N–H and O–H groups in total. The molecule has 3 atom stereocenters. The quantitative estimate of drug-likeness (QED) is 0.622. The number of nitrogens with zero attached hydrogens (tertiary/aromatic N) is 2. The van der Waals surface area contributed by atoms with Gasteiger partial charge in [-0.25, -0.2) is 5.01 Å². The number of ether oxygens (including phenoxy) is 1. The number of nitrogens with one attached hydrogen (secondary N) is 2. The number of methoxy groups -OCH3 is 1. The number of hydrogen-bond acceptors (Lipinski definition) is 5. The molecule has 0 spiro atoms. The van der Waals surface area contributed by atoms with Crippen LogP contribution in [0.2, 0.25) is 5.02 Å². The van der Waals surface area contributed by atoms with E-state index in [1.165, 1.54) is 5.01 Å². The predicted molar refractivity (Wildman–Crippen MR) is 134 cm³/mol. The number of allylic oxidation sites excluding steroid dienone is 2. The van der Waals surface area contributed by atoms with Gasteiger partial charge in [-0.2, -0.15) is 0 Å². The Morgan fingerprint density at radius 1 is 1.11 bits per heavy atom. The van der Waals surface area contributed by atoms with Gasteiger partial charge in [0.25, 0.3) is 5.91 Å². The Hall–Kier alpha value is -3.52. The van der Waals surface area contributed by atoms with Gasteiger partial charge < -0.3 is 15.0 Å². The lowest BCUT2D eigenvalue weighted by Crippen LogP contribution is -2.59. The van der Waals surface area contributed by atoms with Crippen molar-refractivity contribution in [2.45, 2.75) is 25.3 Å². The van der Waals surface area contributed by atoms with Crippen molar-refractivity contribution in [3.05, 3.63) is 65.2 Å². The molecule has 2 heterocycles. The number of halogens is 1. The Bertz CT molecular complexity index is 1200. The highest BCUT2D eigenvalue weighted by Gasteiger charge is 2.42. The van der Waals surface area contributed by atoms with Gasteiger partial charge >= 0.3 is 0 Å². The standard InChI is InChI=1S/C26H27ClN4O4/c1-35-23-10-9-17(27)14-22(23)30-12-11-18(15-30)28-24(32)16-5-4-6-19(13-16)31-26(34)21-8-3-2-7-20(21)25(33)29-31/h2-6,9-10,13-14,18,20-21H,7-8,11-12,15H2,1H3,(H,28,32)(H,29,33). The minimum atomic E-state index is -0.376. The number of hydrazine groups is 1. The van der Waals surface area contributed by atoms with Gasteiger partial charge in [0.1, 0.15) is 5.75 Å². The Labute approximate surface area is 208 Å². The zero-order valence-corrected chi connectivity index (χ0v) is 20.1. The third kappa shape index (κ3) is 4.58. The monoisotopic (exact) mass is 494 g/mol. The van der Waals surface area contributed by atoms with Crippen LogP contribution in [0.3, 0.4) is 0 Å². The van der Waals surface area contributed by atoms with Crippen LogP contribution < -0.4 is 25.4 Å². The number of carbonyl (C=O) groups is 3. The molecule has 2 aromatic rings. The first-order chi connectivity index (χ1) is 16.9. The van der Waals surface area contributed by atoms with Crippen molar-refractivity contribution in [1.29, 1.82) is 0 Å². The maximum atomic E-state index is 13.1. The van der Waals surface area contributed by atoms with Crippen LogP contribution in [0.4, 0.5) is 11.4 Å². The largest absolute Gasteiger partial charge is 0.495 e. The molecule has 9 heteroatoms. The maximum Gasteiger partial charge on any atom is 0.251 e. The van der Waals surface area contributed by atoms with E-state index < -0.39 is 0 Å². The lowest BCUT2D eigenvalue weighted by atomic mass is 9.80. The first kappa shape index (κ1) is 23.2. The van der Waals surface area contributed by atoms with Crippen LogP contribution in [0.5, 0.6) is 5.75 Å². The first-order valence-electron chi connectivity index (χ1n) is 11.7. The molecule has 2 aliphatic heterocycles. The van der Waals surface area contributed by atoms with Gasteiger partial charge in [-0.3, -0.25) is 19.8 Å². The minimum absolute atomic E-state index is 0.0547. The molecule has 1 aliphatic carbocycles. The van der Waals surface area contributed by atoms with Crippen molar-refractivity contribution in [3.8, 4) is 5.75 Å². The summed E-state index contributed by atoms with van der Waals surface area (Å²) in [5.74, 6) is -0.531. The van der Waals surface area contributed by atoms with Gasteiger partial charge in [-0.1, -0.05) is 29.8 Å². The molecule has 8 nitrogen and oxygen atoms in total. The number of benzene rings is 2. The molecule has 5 rings (SSSR count). The van der Waals surface area contributed by atoms with Crippen molar-refractivity contribution in [2.75, 3.05) is 30.1 Å². The molecular formula is C26H27ClN4O4. The molecule has 35 heavy (non-hydrogen) atoms. The molecule has 2 fully saturated rings. The van der Waals surface area contributed by atoms with Crippen LogP contribution in [0.1, 0.15) is 29.6 Å². The minimum Gasteiger partial charge on any atom is -0.495 e. The molecule has 3 aliphatic rings. The van der Waals surface area contributed by atoms with Gasteiger partial charge in [-0.15, -0.1) is 0 Å². The Morgan fingerprint density at radius 3 is 2.71 bits per heavy atom. The third-order valence-corrected chi connectivity index (χ3v) is 7.14. The number of carbonyl (C=O) groups excluding carboxylic acids is 3. The van der Waals surface area contributed by atoms with Crippen LogP contribution >= 0.6 is 11.6 Å². The summed E-state index contributed by atoms with van der Waals surface area (Å²) in [6.07, 6.45) is 5.78. The highest BCUT2D eigenvalue weighted by atomic mass is 35.5. The average Bonchev–Trinajstić information content (AvgIpc) is 3.34. The van der Waals surface area contributed by atoms with E-state index >= 15 is 0 Å². The lowest BCUT2D eigenvalue weighted by molar-refractivity contribution is -0.139. The van der Waals surface area contributed by atoms with Gasteiger partial charge in [-0.05, 0) is 55.7 Å². The molecule has 0 saturated carbocycles. The SMILES string of the molecule is COc1ccc(Cl)cc1N1CCC(NC(=O)c2cccc(N3NC(=O)C4CC=CCC4C3=O)c2)C1. The van der Waals surface area contributed by atoms with Crippen molar-refractivity contribution in [1.82, 2.24) is 10.7 Å². The van der Waals surface area contributed by atoms with E-state index in [9.17, 15) is 14.4 Å². The van der Waals surface area contributed by atoms with Crippen molar-refractivity contribution in [2.24, 2.45) is 11.8 Å². The van der Waals surface area contributed by atoms with E-state index in [-0.39, 0.29) is 35.6 Å². The van der Waals surface area contributed by atoms with Gasteiger partial charge in [0.2, 0.25) is 11.8 Å². The fraction of sp³-hybridized carbons (Fsp3) is 0.346. The fourth-order valence-corrected chi connectivity index (χ4v) is 5.21. The van der Waals surface area contributed by atoms with E-state index in [0.717, 1.165) is 24.4 Å². The molecule has 182 valence electrons. The summed E-state index contributed by atoms with van der Waals surface area (Å²) in [5, 5.41) is 4.99. The Morgan fingerprint density at radius 2 is 1.91 bits per heavy atom. The molecule has 2 aromatic carbocycles. The fourth-order valence-electron chi connectivity index (χ4n) is 5.04. The summed E-state index contributed by atoms with van der Waals surface area (Å²) in [7, 11) is 1.62. The smallest absolute Gasteiger partial charge is 0.251 e. The zero-order valence-electron chi connectivity index (χ0n) is 19.4. The second kappa shape index (κ2) is 9.62. The normalized spacial score (nSPS) is 23.7. The predicted octanol–water partition coefficient (Wildman–Crippen LogP) is 3.32. The topological polar surface area (TPSA) is 91.0 Å². The summed E-state index contributed by atoms with van der Waals surface area (Å²) in [6.45, 7) is 1.38. The molecule has 3 unspecified atom stereocenters. The second-order valence-electron chi connectivity index (χ2n) is 9.08. The summed E-state index contributed by atoms with van der Waals surface area (Å²) < 4.78 is 5.47. The number of amides is 3. The summed E-state index contributed by atoms with van der Waals surface area (Å²) in [6, 6.07) is 12.2. The van der Waals surface area contributed by atoms with Gasteiger partial charge in [0, 0.05) is 29.7 Å². The average molecular weight is 495 g/mol. The molecule has 0 aromatic heterocycles. The lowest BCUT2D eigenvalue weighted by Gasteiger charge is -2.38. The van der Waals surface area contributed by atoms with E-state index in [2.05, 4.69) is 15.6 Å². The van der Waals surface area contributed by atoms with Crippen LogP contribution in [0, 0.1) is 11.8 Å². The third-order valence-electron chi connectivity index (χ3n) is 6.90. The maximum absolute atomic E-state index is 13.1. The number of hydrogen-bond donors (Lipinski definition) is 2. The van der Waals surface area contributed by atoms with E-state index in [1.54, 1.807) is 37.4 Å². The Balaban J connectivity index is 1.27. The molecule has 0 radical (unpaired) electrons. The van der Waals surface area contributed by atoms with Crippen molar-refractivity contribution in [3.63, 3.8) is 0 Å². The highest BCUT2D eigenvalue weighted by molar-refractivity contribution is 6.31. The Kier molecular flexibility index (Phi) is 6.38. The van der Waals surface area contributed by atoms with Gasteiger partial charge in [0.05, 0.1) is 30.3 Å². The van der Waals surface area contributed by atoms with E-state index in [4.69, 9.17) is 16.3 Å². The first-order valence-corrected chi connectivity index (χ1v) is 12.1. The zero-order chi connectivity index (χ0) is 24.5. The van der Waals surface area contributed by atoms with Crippen LogP contribution in [-0.4, -0.2) is 44.0 Å². The summed E-state index contributed by atoms with van der Waals surface area (Å²) in [4.78, 5) is 40.8. The number of rotatable bonds is 5. The summed E-state index contributed by atoms with van der Waals surface area (Å²) >= 11 is 6.18. The number of fused-ring (bicyclic) bond motifs is 1. The molecule has 2 saturated heterocycles. The van der Waals surface area contributed by atoms with E-state index in [1.807, 2.05) is 24.3 Å². The summed E-state index contributed by atoms with van der Waals surface area (Å²) in [5.41, 5.74) is 4.51. The molecule has 3 amide bonds. The van der Waals surface area contributed by atoms with Crippen LogP contribution in [-0.2, 0) is 9.59 Å². The number of anilines is 2. The van der Waals surface area contributed by atoms with Crippen molar-refractivity contribution >= 4 is 40.7 Å². The second-order valence-corrected chi connectivity index (χ2v) is 9.51. The van der Waals surface area contributed by atoms with Crippen molar-refractivity contribution < 1.29 is 19.1 Å². The van der Waals surface area contributed by atoms with E-state index in [0.29, 0.717) is 35.7 Å².